The smallest absolute Gasteiger partial charge is 0.339 e. The third-order valence-electron chi connectivity index (χ3n) is 2.85. The average molecular weight is 204 g/mol. The highest BCUT2D eigenvalue weighted by atomic mass is 16.5. The van der Waals surface area contributed by atoms with Crippen LogP contribution in [0.25, 0.3) is 0 Å². The van der Waals surface area contributed by atoms with Gasteiger partial charge in [-0.3, -0.25) is 0 Å². The van der Waals surface area contributed by atoms with Crippen molar-refractivity contribution >= 4 is 5.97 Å². The molecule has 0 saturated heterocycles. The van der Waals surface area contributed by atoms with E-state index in [0.717, 1.165) is 24.0 Å². The molecule has 2 nitrogen and oxygen atoms in total. The number of carbonyl (C=O) groups excluding carboxylic acids is 1. The van der Waals surface area contributed by atoms with Crippen molar-refractivity contribution in [3.8, 4) is 0 Å². The highest BCUT2D eigenvalue weighted by molar-refractivity contribution is 5.93. The molecule has 80 valence electrons. The Hall–Kier alpha value is -1.31. The first kappa shape index (κ1) is 10.2. The van der Waals surface area contributed by atoms with Gasteiger partial charge in [0.05, 0.1) is 5.56 Å². The second-order valence-electron chi connectivity index (χ2n) is 3.98. The summed E-state index contributed by atoms with van der Waals surface area (Å²) in [5.74, 6) is -0.160. The number of cyclic esters (lactones) is 1. The van der Waals surface area contributed by atoms with E-state index in [-0.39, 0.29) is 12.1 Å². The summed E-state index contributed by atoms with van der Waals surface area (Å²) in [6.07, 6.45) is 4.48. The van der Waals surface area contributed by atoms with E-state index in [9.17, 15) is 4.79 Å². The normalized spacial score (nSPS) is 18.7. The van der Waals surface area contributed by atoms with Crippen molar-refractivity contribution in [1.82, 2.24) is 0 Å². The second kappa shape index (κ2) is 4.47. The van der Waals surface area contributed by atoms with Crippen LogP contribution in [0.3, 0.4) is 0 Å². The first-order valence-corrected chi connectivity index (χ1v) is 5.63. The average Bonchev–Trinajstić information content (AvgIpc) is 2.58. The van der Waals surface area contributed by atoms with E-state index in [1.165, 1.54) is 12.8 Å². The zero-order valence-electron chi connectivity index (χ0n) is 9.03. The summed E-state index contributed by atoms with van der Waals surface area (Å²) in [6.45, 7) is 2.18. The zero-order valence-corrected chi connectivity index (χ0v) is 9.03. The fourth-order valence-corrected chi connectivity index (χ4v) is 2.01. The number of rotatable bonds is 4. The number of hydrogen-bond acceptors (Lipinski definition) is 2. The molecule has 1 aliphatic rings. The molecule has 2 rings (SSSR count). The molecule has 0 amide bonds. The molecule has 0 N–H and O–H groups in total. The summed E-state index contributed by atoms with van der Waals surface area (Å²) < 4.78 is 5.34. The van der Waals surface area contributed by atoms with Crippen LogP contribution in [-0.4, -0.2) is 5.97 Å². The van der Waals surface area contributed by atoms with Crippen molar-refractivity contribution in [3.05, 3.63) is 35.4 Å². The molecule has 0 bridgehead atoms. The molecule has 1 aromatic rings. The van der Waals surface area contributed by atoms with Gasteiger partial charge in [0.25, 0.3) is 0 Å². The third kappa shape index (κ3) is 2.04. The highest BCUT2D eigenvalue weighted by Gasteiger charge is 2.29. The van der Waals surface area contributed by atoms with Crippen LogP contribution in [0.4, 0.5) is 0 Å². The standard InChI is InChI=1S/C13H16O2/c1-2-3-4-9-12-10-7-5-6-8-11(10)13(14)15-12/h5-8,12H,2-4,9H2,1H3/t12-/m1/s1. The lowest BCUT2D eigenvalue weighted by Crippen LogP contribution is -1.98. The number of carbonyl (C=O) groups is 1. The van der Waals surface area contributed by atoms with Crippen molar-refractivity contribution in [3.63, 3.8) is 0 Å². The lowest BCUT2D eigenvalue weighted by Gasteiger charge is -2.09. The Bertz CT molecular complexity index is 357. The fraction of sp³-hybridized carbons (Fsp3) is 0.462. The van der Waals surface area contributed by atoms with Crippen molar-refractivity contribution in [1.29, 1.82) is 0 Å². The fourth-order valence-electron chi connectivity index (χ4n) is 2.01. The molecule has 0 spiro atoms. The molecule has 15 heavy (non-hydrogen) atoms. The Morgan fingerprint density at radius 3 is 2.87 bits per heavy atom. The predicted molar refractivity (Wildman–Crippen MR) is 58.7 cm³/mol. The van der Waals surface area contributed by atoms with E-state index in [4.69, 9.17) is 4.74 Å². The van der Waals surface area contributed by atoms with Gasteiger partial charge in [-0.1, -0.05) is 38.0 Å². The summed E-state index contributed by atoms with van der Waals surface area (Å²) in [4.78, 5) is 11.5. The number of fused-ring (bicyclic) bond motifs is 1. The maximum atomic E-state index is 11.5. The molecule has 1 heterocycles. The van der Waals surface area contributed by atoms with Crippen LogP contribution in [0.15, 0.2) is 24.3 Å². The summed E-state index contributed by atoms with van der Waals surface area (Å²) in [5.41, 5.74) is 1.82. The first-order valence-electron chi connectivity index (χ1n) is 5.63. The third-order valence-corrected chi connectivity index (χ3v) is 2.85. The van der Waals surface area contributed by atoms with Gasteiger partial charge < -0.3 is 4.74 Å². The molecule has 0 aromatic heterocycles. The summed E-state index contributed by atoms with van der Waals surface area (Å²) in [7, 11) is 0. The van der Waals surface area contributed by atoms with Crippen molar-refractivity contribution in [2.24, 2.45) is 0 Å². The number of esters is 1. The quantitative estimate of drug-likeness (QED) is 0.554. The van der Waals surface area contributed by atoms with Gasteiger partial charge in [0.1, 0.15) is 6.10 Å². The van der Waals surface area contributed by atoms with Gasteiger partial charge >= 0.3 is 5.97 Å². The van der Waals surface area contributed by atoms with Crippen molar-refractivity contribution < 1.29 is 9.53 Å². The second-order valence-corrected chi connectivity index (χ2v) is 3.98. The first-order chi connectivity index (χ1) is 7.33. The molecule has 1 aliphatic heterocycles. The van der Waals surface area contributed by atoms with E-state index in [0.29, 0.717) is 0 Å². The van der Waals surface area contributed by atoms with E-state index >= 15 is 0 Å². The van der Waals surface area contributed by atoms with Gasteiger partial charge in [0.15, 0.2) is 0 Å². The van der Waals surface area contributed by atoms with Gasteiger partial charge in [-0.15, -0.1) is 0 Å². The van der Waals surface area contributed by atoms with E-state index in [2.05, 4.69) is 6.92 Å². The molecule has 1 atom stereocenters. The topological polar surface area (TPSA) is 26.3 Å². The van der Waals surface area contributed by atoms with Crippen LogP contribution in [-0.2, 0) is 4.74 Å². The van der Waals surface area contributed by atoms with Crippen LogP contribution < -0.4 is 0 Å². The number of unbranched alkanes of at least 4 members (excludes halogenated alkanes) is 2. The maximum absolute atomic E-state index is 11.5. The molecule has 1 aromatic carbocycles. The molecule has 0 radical (unpaired) electrons. The van der Waals surface area contributed by atoms with Gasteiger partial charge in [-0.25, -0.2) is 4.79 Å². The van der Waals surface area contributed by atoms with Gasteiger partial charge in [-0.2, -0.15) is 0 Å². The predicted octanol–water partition coefficient (Wildman–Crippen LogP) is 3.48. The minimum atomic E-state index is -0.160. The highest BCUT2D eigenvalue weighted by Crippen LogP contribution is 2.33. The van der Waals surface area contributed by atoms with Crippen LogP contribution in [0, 0.1) is 0 Å². The largest absolute Gasteiger partial charge is 0.454 e. The monoisotopic (exact) mass is 204 g/mol. The Kier molecular flexibility index (Phi) is 3.05. The Morgan fingerprint density at radius 2 is 2.07 bits per heavy atom. The van der Waals surface area contributed by atoms with E-state index < -0.39 is 0 Å². The molecule has 0 saturated carbocycles. The van der Waals surface area contributed by atoms with Crippen LogP contribution in [0.5, 0.6) is 0 Å². The van der Waals surface area contributed by atoms with Gasteiger partial charge in [0.2, 0.25) is 0 Å². The van der Waals surface area contributed by atoms with E-state index in [1.807, 2.05) is 24.3 Å². The molecular weight excluding hydrogens is 188 g/mol. The number of hydrogen-bond donors (Lipinski definition) is 0. The van der Waals surface area contributed by atoms with Crippen molar-refractivity contribution in [2.75, 3.05) is 0 Å². The van der Waals surface area contributed by atoms with E-state index in [1.54, 1.807) is 0 Å². The Labute approximate surface area is 90.3 Å². The van der Waals surface area contributed by atoms with Crippen LogP contribution >= 0.6 is 0 Å². The zero-order chi connectivity index (χ0) is 10.7. The molecule has 0 unspecified atom stereocenters. The summed E-state index contributed by atoms with van der Waals surface area (Å²) in [6, 6.07) is 7.69. The lowest BCUT2D eigenvalue weighted by atomic mass is 10.0. The van der Waals surface area contributed by atoms with Gasteiger partial charge in [0, 0.05) is 5.56 Å². The number of benzene rings is 1. The Morgan fingerprint density at radius 1 is 1.27 bits per heavy atom. The minimum absolute atomic E-state index is 0.000231. The maximum Gasteiger partial charge on any atom is 0.339 e. The lowest BCUT2D eigenvalue weighted by molar-refractivity contribution is 0.0363. The van der Waals surface area contributed by atoms with Crippen molar-refractivity contribution in [2.45, 2.75) is 38.7 Å². The summed E-state index contributed by atoms with van der Waals surface area (Å²) in [5, 5.41) is 0. The molecule has 2 heteroatoms. The molecular formula is C13H16O2. The van der Waals surface area contributed by atoms with Crippen LogP contribution in [0.1, 0.15) is 54.6 Å². The summed E-state index contributed by atoms with van der Waals surface area (Å²) >= 11 is 0. The van der Waals surface area contributed by atoms with Crippen LogP contribution in [0.2, 0.25) is 0 Å². The SMILES string of the molecule is CCCCC[C@H]1OC(=O)c2ccccc21. The molecule has 0 aliphatic carbocycles. The minimum Gasteiger partial charge on any atom is -0.454 e. The molecule has 0 fully saturated rings. The Balaban J connectivity index is 2.08. The van der Waals surface area contributed by atoms with Gasteiger partial charge in [-0.05, 0) is 18.9 Å². The number of ether oxygens (including phenoxy) is 1.